The fourth-order valence-electron chi connectivity index (χ4n) is 1.31. The average Bonchev–Trinajstić information content (AvgIpc) is 2.46. The van der Waals surface area contributed by atoms with Crippen LogP contribution in [-0.4, -0.2) is 14.6 Å². The fraction of sp³-hybridized carbons (Fsp3) is 0.333. The predicted molar refractivity (Wildman–Crippen MR) is 50.3 cm³/mol. The average molecular weight is 176 g/mol. The topological polar surface area (TPSA) is 56.2 Å². The number of aryl methyl sites for hydroxylation is 1. The number of fused-ring (bicyclic) bond motifs is 1. The van der Waals surface area contributed by atoms with Gasteiger partial charge in [0.05, 0.1) is 6.20 Å². The quantitative estimate of drug-likeness (QED) is 0.706. The molecule has 0 radical (unpaired) electrons. The Morgan fingerprint density at radius 3 is 2.92 bits per heavy atom. The molecule has 1 atom stereocenters. The van der Waals surface area contributed by atoms with Crippen molar-refractivity contribution in [1.82, 2.24) is 14.6 Å². The molecule has 2 heterocycles. The number of nitrogens with zero attached hydrogens (tertiary/aromatic N) is 3. The molecule has 0 spiro atoms. The summed E-state index contributed by atoms with van der Waals surface area (Å²) in [5.74, 6) is 0. The minimum atomic E-state index is -0.0206. The first-order valence-corrected chi connectivity index (χ1v) is 4.24. The number of hydrogen-bond donors (Lipinski definition) is 1. The summed E-state index contributed by atoms with van der Waals surface area (Å²) in [4.78, 5) is 4.28. The van der Waals surface area contributed by atoms with Crippen molar-refractivity contribution in [2.75, 3.05) is 0 Å². The lowest BCUT2D eigenvalue weighted by atomic mass is 10.2. The van der Waals surface area contributed by atoms with Gasteiger partial charge in [0.25, 0.3) is 0 Å². The Bertz CT molecular complexity index is 430. The molecule has 0 saturated carbocycles. The Labute approximate surface area is 76.4 Å². The molecular weight excluding hydrogens is 164 g/mol. The van der Waals surface area contributed by atoms with Gasteiger partial charge in [0.2, 0.25) is 0 Å². The Kier molecular flexibility index (Phi) is 1.77. The minimum Gasteiger partial charge on any atom is -0.324 e. The van der Waals surface area contributed by atoms with Gasteiger partial charge in [0, 0.05) is 24.0 Å². The molecule has 68 valence electrons. The molecule has 0 amide bonds. The number of nitrogens with two attached hydrogens (primary N) is 1. The predicted octanol–water partition coefficient (Wildman–Crippen LogP) is 1.06. The van der Waals surface area contributed by atoms with E-state index in [9.17, 15) is 0 Å². The van der Waals surface area contributed by atoms with Crippen LogP contribution in [0.4, 0.5) is 0 Å². The van der Waals surface area contributed by atoms with E-state index in [0.29, 0.717) is 0 Å². The third-order valence-electron chi connectivity index (χ3n) is 2.00. The van der Waals surface area contributed by atoms with Gasteiger partial charge in [0.15, 0.2) is 5.65 Å². The van der Waals surface area contributed by atoms with Crippen molar-refractivity contribution >= 4 is 5.65 Å². The van der Waals surface area contributed by atoms with Crippen molar-refractivity contribution in [2.45, 2.75) is 19.9 Å². The van der Waals surface area contributed by atoms with Gasteiger partial charge in [-0.3, -0.25) is 0 Å². The van der Waals surface area contributed by atoms with Gasteiger partial charge in [0.1, 0.15) is 0 Å². The van der Waals surface area contributed by atoms with E-state index in [1.807, 2.05) is 26.2 Å². The van der Waals surface area contributed by atoms with Gasteiger partial charge in [-0.25, -0.2) is 9.50 Å². The second-order valence-electron chi connectivity index (χ2n) is 3.29. The second kappa shape index (κ2) is 2.81. The Hall–Kier alpha value is -1.42. The molecule has 0 aromatic carbocycles. The minimum absolute atomic E-state index is 0.0206. The summed E-state index contributed by atoms with van der Waals surface area (Å²) in [5.41, 5.74) is 8.69. The van der Waals surface area contributed by atoms with Crippen LogP contribution in [0.2, 0.25) is 0 Å². The zero-order chi connectivity index (χ0) is 9.42. The molecule has 0 fully saturated rings. The zero-order valence-corrected chi connectivity index (χ0v) is 7.73. The van der Waals surface area contributed by atoms with Crippen molar-refractivity contribution < 1.29 is 0 Å². The molecule has 0 saturated heterocycles. The van der Waals surface area contributed by atoms with E-state index in [-0.39, 0.29) is 6.04 Å². The van der Waals surface area contributed by atoms with Crippen molar-refractivity contribution in [1.29, 1.82) is 0 Å². The number of aromatic nitrogens is 3. The summed E-state index contributed by atoms with van der Waals surface area (Å²) in [7, 11) is 0. The zero-order valence-electron chi connectivity index (χ0n) is 7.73. The molecule has 0 aliphatic rings. The van der Waals surface area contributed by atoms with Gasteiger partial charge in [-0.15, -0.1) is 0 Å². The highest BCUT2D eigenvalue weighted by Gasteiger charge is 2.08. The molecule has 4 nitrogen and oxygen atoms in total. The highest BCUT2D eigenvalue weighted by atomic mass is 15.2. The lowest BCUT2D eigenvalue weighted by Gasteiger charge is -2.01. The monoisotopic (exact) mass is 176 g/mol. The number of rotatable bonds is 1. The second-order valence-corrected chi connectivity index (χ2v) is 3.29. The van der Waals surface area contributed by atoms with Crippen molar-refractivity contribution in [3.05, 3.63) is 29.7 Å². The SMILES string of the molecule is Cc1cnc2c(C(C)N)cnn2c1. The first-order valence-electron chi connectivity index (χ1n) is 4.24. The van der Waals surface area contributed by atoms with Gasteiger partial charge < -0.3 is 5.73 Å². The largest absolute Gasteiger partial charge is 0.324 e. The molecule has 2 aromatic rings. The summed E-state index contributed by atoms with van der Waals surface area (Å²) in [5, 5.41) is 4.17. The van der Waals surface area contributed by atoms with E-state index in [0.717, 1.165) is 16.8 Å². The highest BCUT2D eigenvalue weighted by molar-refractivity contribution is 5.47. The van der Waals surface area contributed by atoms with Crippen LogP contribution in [0, 0.1) is 6.92 Å². The molecule has 2 N–H and O–H groups in total. The van der Waals surface area contributed by atoms with E-state index in [4.69, 9.17) is 5.73 Å². The summed E-state index contributed by atoms with van der Waals surface area (Å²) >= 11 is 0. The van der Waals surface area contributed by atoms with E-state index in [2.05, 4.69) is 10.1 Å². The maximum Gasteiger partial charge on any atom is 0.159 e. The fourth-order valence-corrected chi connectivity index (χ4v) is 1.31. The summed E-state index contributed by atoms with van der Waals surface area (Å²) < 4.78 is 1.76. The lowest BCUT2D eigenvalue weighted by molar-refractivity contribution is 0.823. The summed E-state index contributed by atoms with van der Waals surface area (Å²) in [6.45, 7) is 3.91. The number of hydrogen-bond acceptors (Lipinski definition) is 3. The highest BCUT2D eigenvalue weighted by Crippen LogP contribution is 2.14. The molecule has 13 heavy (non-hydrogen) atoms. The van der Waals surface area contributed by atoms with Gasteiger partial charge in [-0.2, -0.15) is 5.10 Å². The van der Waals surface area contributed by atoms with E-state index in [1.54, 1.807) is 10.7 Å². The van der Waals surface area contributed by atoms with Crippen LogP contribution in [0.3, 0.4) is 0 Å². The van der Waals surface area contributed by atoms with Crippen LogP contribution in [-0.2, 0) is 0 Å². The first kappa shape index (κ1) is 8.19. The standard InChI is InChI=1S/C9H12N4/c1-6-3-11-9-8(7(2)10)4-12-13(9)5-6/h3-5,7H,10H2,1-2H3. The maximum atomic E-state index is 5.77. The smallest absolute Gasteiger partial charge is 0.159 e. The van der Waals surface area contributed by atoms with E-state index in [1.165, 1.54) is 0 Å². The molecule has 0 aliphatic carbocycles. The van der Waals surface area contributed by atoms with Gasteiger partial charge in [-0.05, 0) is 19.4 Å². The molecule has 1 unspecified atom stereocenters. The van der Waals surface area contributed by atoms with Crippen molar-refractivity contribution in [2.24, 2.45) is 5.73 Å². The Morgan fingerprint density at radius 2 is 2.23 bits per heavy atom. The maximum absolute atomic E-state index is 5.77. The lowest BCUT2D eigenvalue weighted by Crippen LogP contribution is -2.05. The van der Waals surface area contributed by atoms with Crippen LogP contribution >= 0.6 is 0 Å². The van der Waals surface area contributed by atoms with Crippen LogP contribution in [0.25, 0.3) is 5.65 Å². The molecular formula is C9H12N4. The molecule has 0 bridgehead atoms. The molecule has 0 aliphatic heterocycles. The van der Waals surface area contributed by atoms with Crippen LogP contribution in [0.5, 0.6) is 0 Å². The first-order chi connectivity index (χ1) is 6.18. The van der Waals surface area contributed by atoms with Gasteiger partial charge in [-0.1, -0.05) is 0 Å². The normalized spacial score (nSPS) is 13.5. The van der Waals surface area contributed by atoms with Crippen molar-refractivity contribution in [3.8, 4) is 0 Å². The molecule has 2 aromatic heterocycles. The van der Waals surface area contributed by atoms with E-state index < -0.39 is 0 Å². The van der Waals surface area contributed by atoms with E-state index >= 15 is 0 Å². The third kappa shape index (κ3) is 1.29. The Balaban J connectivity index is 2.69. The van der Waals surface area contributed by atoms with Crippen LogP contribution in [0.15, 0.2) is 18.6 Å². The molecule has 2 rings (SSSR count). The molecule has 4 heteroatoms. The van der Waals surface area contributed by atoms with Crippen LogP contribution < -0.4 is 5.73 Å². The van der Waals surface area contributed by atoms with Crippen molar-refractivity contribution in [3.63, 3.8) is 0 Å². The summed E-state index contributed by atoms with van der Waals surface area (Å²) in [6.07, 6.45) is 5.53. The van der Waals surface area contributed by atoms with Crippen LogP contribution in [0.1, 0.15) is 24.1 Å². The summed E-state index contributed by atoms with van der Waals surface area (Å²) in [6, 6.07) is -0.0206. The Morgan fingerprint density at radius 1 is 1.46 bits per heavy atom. The van der Waals surface area contributed by atoms with Gasteiger partial charge >= 0.3 is 0 Å². The third-order valence-corrected chi connectivity index (χ3v) is 2.00.